The van der Waals surface area contributed by atoms with E-state index >= 15 is 0 Å². The lowest BCUT2D eigenvalue weighted by Gasteiger charge is -2.33. The first-order chi connectivity index (χ1) is 22.2. The second kappa shape index (κ2) is 15.2. The van der Waals surface area contributed by atoms with E-state index in [1.165, 1.54) is 0 Å². The van der Waals surface area contributed by atoms with Gasteiger partial charge < -0.3 is 16.0 Å². The van der Waals surface area contributed by atoms with E-state index in [1.54, 1.807) is 13.8 Å². The minimum Gasteiger partial charge on any atom is -0.354 e. The summed E-state index contributed by atoms with van der Waals surface area (Å²) in [5.41, 5.74) is 0. The molecule has 3 aliphatic heterocycles. The smallest absolute Gasteiger partial charge is 0.233 e. The molecule has 0 aromatic carbocycles. The molecule has 4 aliphatic rings. The average Bonchev–Trinajstić information content (AvgIpc) is 3.55. The van der Waals surface area contributed by atoms with E-state index in [-0.39, 0.29) is 125 Å². The summed E-state index contributed by atoms with van der Waals surface area (Å²) in [5, 5.41) is 8.24. The molecule has 47 heavy (non-hydrogen) atoms. The highest BCUT2D eigenvalue weighted by molar-refractivity contribution is 6.04. The van der Waals surface area contributed by atoms with Crippen LogP contribution in [0, 0.1) is 41.4 Å². The van der Waals surface area contributed by atoms with Gasteiger partial charge in [0.15, 0.2) is 0 Å². The number of hydrogen-bond donors (Lipinski definition) is 3. The summed E-state index contributed by atoms with van der Waals surface area (Å²) in [5.74, 6) is -6.33. The molecule has 15 nitrogen and oxygen atoms in total. The Morgan fingerprint density at radius 1 is 0.574 bits per heavy atom. The van der Waals surface area contributed by atoms with Gasteiger partial charge in [0, 0.05) is 94.0 Å². The van der Waals surface area contributed by atoms with Crippen molar-refractivity contribution in [2.24, 2.45) is 41.4 Å². The van der Waals surface area contributed by atoms with Gasteiger partial charge in [-0.3, -0.25) is 57.9 Å². The summed E-state index contributed by atoms with van der Waals surface area (Å²) in [7, 11) is 0. The van der Waals surface area contributed by atoms with Gasteiger partial charge in [-0.1, -0.05) is 27.7 Å². The van der Waals surface area contributed by atoms with Gasteiger partial charge in [0.1, 0.15) is 0 Å². The molecule has 3 heterocycles. The van der Waals surface area contributed by atoms with Gasteiger partial charge in [0.2, 0.25) is 53.2 Å². The van der Waals surface area contributed by atoms with E-state index < -0.39 is 47.3 Å². The molecule has 1 saturated carbocycles. The van der Waals surface area contributed by atoms with Crippen molar-refractivity contribution < 1.29 is 43.2 Å². The minimum atomic E-state index is -0.728. The number of rotatable bonds is 13. The lowest BCUT2D eigenvalue weighted by atomic mass is 9.74. The Balaban J connectivity index is 1.35. The highest BCUT2D eigenvalue weighted by atomic mass is 16.2. The van der Waals surface area contributed by atoms with Crippen molar-refractivity contribution >= 4 is 53.2 Å². The SMILES string of the molecule is CC1CC(=O)N(CCNC(=O)[C@@H]2C[C@H](C(=O)NCCN3C(=O)CC(C)C3=O)C[C@H](C(=O)NCCN3C(=O)CC(C(C)C)C3=O)C2)C1=O. The third-order valence-electron chi connectivity index (χ3n) is 9.75. The Morgan fingerprint density at radius 2 is 0.894 bits per heavy atom. The first-order valence-electron chi connectivity index (χ1n) is 16.5. The standard InChI is InChI=1S/C32H46N6O9/c1-17(2)23-16-26(41)38(32(23)47)10-7-35-29(44)22-14-20(27(42)33-5-8-36-24(39)11-18(3)30(36)45)13-21(15-22)28(43)34-6-9-37-25(40)12-19(4)31(37)46/h17-23H,5-16H2,1-4H3,(H,33,42)(H,34,43)(H,35,44)/t18?,19?,20-,21+,22-,23?. The zero-order chi connectivity index (χ0) is 34.6. The third-order valence-corrected chi connectivity index (χ3v) is 9.75. The molecule has 9 amide bonds. The molecule has 258 valence electrons. The quantitative estimate of drug-likeness (QED) is 0.212. The lowest BCUT2D eigenvalue weighted by Crippen LogP contribution is -2.47. The molecule has 6 atom stereocenters. The Bertz CT molecular complexity index is 1270. The van der Waals surface area contributed by atoms with E-state index in [9.17, 15) is 43.2 Å². The van der Waals surface area contributed by atoms with Crippen LogP contribution in [-0.2, 0) is 43.2 Å². The fourth-order valence-corrected chi connectivity index (χ4v) is 6.90. The van der Waals surface area contributed by atoms with Gasteiger partial charge in [0.25, 0.3) is 0 Å². The van der Waals surface area contributed by atoms with Gasteiger partial charge in [-0.05, 0) is 25.2 Å². The number of likely N-dealkylation sites (tertiary alicyclic amines) is 3. The summed E-state index contributed by atoms with van der Waals surface area (Å²) in [6.07, 6.45) is 0.823. The summed E-state index contributed by atoms with van der Waals surface area (Å²) in [6, 6.07) is 0. The van der Waals surface area contributed by atoms with Gasteiger partial charge >= 0.3 is 0 Å². The molecule has 3 saturated heterocycles. The lowest BCUT2D eigenvalue weighted by molar-refractivity contribution is -0.141. The van der Waals surface area contributed by atoms with Crippen LogP contribution in [0.5, 0.6) is 0 Å². The van der Waals surface area contributed by atoms with Crippen molar-refractivity contribution in [1.29, 1.82) is 0 Å². The summed E-state index contributed by atoms with van der Waals surface area (Å²) in [4.78, 5) is 117. The predicted octanol–water partition coefficient (Wildman–Crippen LogP) is -0.811. The van der Waals surface area contributed by atoms with Crippen LogP contribution in [-0.4, -0.2) is 107 Å². The fraction of sp³-hybridized carbons (Fsp3) is 0.719. The van der Waals surface area contributed by atoms with Crippen molar-refractivity contribution in [3.8, 4) is 0 Å². The molecule has 4 fully saturated rings. The number of nitrogens with one attached hydrogen (secondary N) is 3. The number of hydrogen-bond acceptors (Lipinski definition) is 9. The molecular formula is C32H46N6O9. The van der Waals surface area contributed by atoms with Crippen molar-refractivity contribution in [3.05, 3.63) is 0 Å². The normalized spacial score (nSPS) is 28.1. The minimum absolute atomic E-state index is 0.0132. The monoisotopic (exact) mass is 658 g/mol. The molecule has 3 unspecified atom stereocenters. The van der Waals surface area contributed by atoms with Crippen LogP contribution in [0.1, 0.15) is 66.2 Å². The van der Waals surface area contributed by atoms with Crippen LogP contribution < -0.4 is 16.0 Å². The Kier molecular flexibility index (Phi) is 11.5. The molecule has 4 rings (SSSR count). The first kappa shape index (κ1) is 35.7. The number of nitrogens with zero attached hydrogens (tertiary/aromatic N) is 3. The molecule has 0 aromatic heterocycles. The summed E-state index contributed by atoms with van der Waals surface area (Å²) < 4.78 is 0. The van der Waals surface area contributed by atoms with Crippen LogP contribution in [0.15, 0.2) is 0 Å². The number of amides is 9. The molecule has 0 radical (unpaired) electrons. The van der Waals surface area contributed by atoms with Crippen LogP contribution in [0.25, 0.3) is 0 Å². The average molecular weight is 659 g/mol. The maximum atomic E-state index is 13.3. The first-order valence-corrected chi connectivity index (χ1v) is 16.5. The maximum Gasteiger partial charge on any atom is 0.233 e. The summed E-state index contributed by atoms with van der Waals surface area (Å²) in [6.45, 7) is 7.23. The van der Waals surface area contributed by atoms with Crippen LogP contribution >= 0.6 is 0 Å². The zero-order valence-corrected chi connectivity index (χ0v) is 27.5. The van der Waals surface area contributed by atoms with Gasteiger partial charge in [-0.2, -0.15) is 0 Å². The maximum absolute atomic E-state index is 13.3. The van der Waals surface area contributed by atoms with Crippen molar-refractivity contribution in [3.63, 3.8) is 0 Å². The Hall–Kier alpha value is -4.17. The fourth-order valence-electron chi connectivity index (χ4n) is 6.90. The highest BCUT2D eigenvalue weighted by Gasteiger charge is 2.42. The van der Waals surface area contributed by atoms with Crippen molar-refractivity contribution in [2.75, 3.05) is 39.3 Å². The largest absolute Gasteiger partial charge is 0.354 e. The Morgan fingerprint density at radius 3 is 1.17 bits per heavy atom. The third kappa shape index (κ3) is 8.22. The van der Waals surface area contributed by atoms with Crippen LogP contribution in [0.3, 0.4) is 0 Å². The number of carbonyl (C=O) groups is 9. The summed E-state index contributed by atoms with van der Waals surface area (Å²) >= 11 is 0. The molecule has 3 N–H and O–H groups in total. The highest BCUT2D eigenvalue weighted by Crippen LogP contribution is 2.34. The second-order valence-corrected chi connectivity index (χ2v) is 13.6. The van der Waals surface area contributed by atoms with Crippen LogP contribution in [0.4, 0.5) is 0 Å². The van der Waals surface area contributed by atoms with Gasteiger partial charge in [0.05, 0.1) is 0 Å². The van der Waals surface area contributed by atoms with Crippen molar-refractivity contribution in [2.45, 2.75) is 66.2 Å². The molecule has 15 heteroatoms. The molecule has 0 bridgehead atoms. The Labute approximate surface area is 273 Å². The zero-order valence-electron chi connectivity index (χ0n) is 27.5. The number of imide groups is 3. The van der Waals surface area contributed by atoms with E-state index in [4.69, 9.17) is 0 Å². The predicted molar refractivity (Wildman–Crippen MR) is 164 cm³/mol. The number of carbonyl (C=O) groups excluding carboxylic acids is 9. The van der Waals surface area contributed by atoms with Gasteiger partial charge in [-0.25, -0.2) is 0 Å². The van der Waals surface area contributed by atoms with Gasteiger partial charge in [-0.15, -0.1) is 0 Å². The van der Waals surface area contributed by atoms with Crippen molar-refractivity contribution in [1.82, 2.24) is 30.7 Å². The van der Waals surface area contributed by atoms with E-state index in [0.717, 1.165) is 14.7 Å². The van der Waals surface area contributed by atoms with Crippen LogP contribution in [0.2, 0.25) is 0 Å². The molecule has 0 spiro atoms. The topological polar surface area (TPSA) is 199 Å². The second-order valence-electron chi connectivity index (χ2n) is 13.6. The van der Waals surface area contributed by atoms with E-state index in [1.807, 2.05) is 13.8 Å². The van der Waals surface area contributed by atoms with E-state index in [0.29, 0.717) is 0 Å². The molecular weight excluding hydrogens is 612 g/mol. The molecule has 1 aliphatic carbocycles. The molecule has 0 aromatic rings. The van der Waals surface area contributed by atoms with E-state index in [2.05, 4.69) is 16.0 Å².